The summed E-state index contributed by atoms with van der Waals surface area (Å²) in [5.41, 5.74) is -0.657. The van der Waals surface area contributed by atoms with Crippen molar-refractivity contribution in [3.05, 3.63) is 60.3 Å². The molecule has 1 saturated heterocycles. The first-order chi connectivity index (χ1) is 15.0. The SMILES string of the molecule is COc1ccc(C2=N[C@@]3(O)COC(=O)[C@@]3(n3ncc(-c4ccc(OC)cc4)n3)C2)cc1. The minimum absolute atomic E-state index is 0.103. The largest absolute Gasteiger partial charge is 0.497 e. The van der Waals surface area contributed by atoms with Crippen LogP contribution in [-0.4, -0.2) is 58.3 Å². The molecule has 0 amide bonds. The molecular weight excluding hydrogens is 400 g/mol. The van der Waals surface area contributed by atoms with E-state index in [0.717, 1.165) is 16.9 Å². The van der Waals surface area contributed by atoms with Crippen LogP contribution in [0.15, 0.2) is 59.7 Å². The van der Waals surface area contributed by atoms with Gasteiger partial charge in [-0.3, -0.25) is 0 Å². The molecule has 0 bridgehead atoms. The fourth-order valence-electron chi connectivity index (χ4n) is 4.02. The van der Waals surface area contributed by atoms with Crippen LogP contribution < -0.4 is 9.47 Å². The Morgan fingerprint density at radius 3 is 2.23 bits per heavy atom. The molecule has 2 aromatic carbocycles. The number of fused-ring (bicyclic) bond motifs is 1. The highest BCUT2D eigenvalue weighted by Crippen LogP contribution is 2.47. The number of hydrogen-bond donors (Lipinski definition) is 1. The lowest BCUT2D eigenvalue weighted by Crippen LogP contribution is -2.54. The smallest absolute Gasteiger partial charge is 0.341 e. The number of carbonyl (C=O) groups is 1. The quantitative estimate of drug-likeness (QED) is 0.627. The zero-order valence-electron chi connectivity index (χ0n) is 17.0. The van der Waals surface area contributed by atoms with Gasteiger partial charge in [-0.2, -0.15) is 15.0 Å². The van der Waals surface area contributed by atoms with E-state index < -0.39 is 17.2 Å². The topological polar surface area (TPSA) is 108 Å². The van der Waals surface area contributed by atoms with E-state index in [1.165, 1.54) is 4.80 Å². The van der Waals surface area contributed by atoms with Crippen LogP contribution in [0.5, 0.6) is 11.5 Å². The van der Waals surface area contributed by atoms with Gasteiger partial charge in [0, 0.05) is 17.7 Å². The molecule has 1 fully saturated rings. The Kier molecular flexibility index (Phi) is 4.30. The number of aromatic nitrogens is 3. The van der Waals surface area contributed by atoms with E-state index in [0.29, 0.717) is 17.2 Å². The maximum absolute atomic E-state index is 12.9. The summed E-state index contributed by atoms with van der Waals surface area (Å²) in [6.45, 7) is -0.259. The van der Waals surface area contributed by atoms with E-state index in [1.807, 2.05) is 36.4 Å². The van der Waals surface area contributed by atoms with Gasteiger partial charge in [0.25, 0.3) is 0 Å². The van der Waals surface area contributed by atoms with Crippen molar-refractivity contribution in [2.75, 3.05) is 20.8 Å². The Balaban J connectivity index is 1.52. The number of ether oxygens (including phenoxy) is 3. The molecule has 2 atom stereocenters. The van der Waals surface area contributed by atoms with Gasteiger partial charge in [0.1, 0.15) is 23.8 Å². The molecule has 1 aromatic heterocycles. The Morgan fingerprint density at radius 1 is 1.00 bits per heavy atom. The molecule has 5 rings (SSSR count). The van der Waals surface area contributed by atoms with Gasteiger partial charge in [0.15, 0.2) is 0 Å². The van der Waals surface area contributed by atoms with Crippen molar-refractivity contribution in [3.63, 3.8) is 0 Å². The molecule has 0 radical (unpaired) electrons. The molecule has 0 spiro atoms. The van der Waals surface area contributed by atoms with Gasteiger partial charge in [0.05, 0.1) is 20.4 Å². The summed E-state index contributed by atoms with van der Waals surface area (Å²) in [5.74, 6) is 0.809. The van der Waals surface area contributed by atoms with Gasteiger partial charge >= 0.3 is 5.97 Å². The highest BCUT2D eigenvalue weighted by atomic mass is 16.6. The summed E-state index contributed by atoms with van der Waals surface area (Å²) in [4.78, 5) is 18.6. The van der Waals surface area contributed by atoms with Crippen molar-refractivity contribution in [1.82, 2.24) is 15.0 Å². The fraction of sp³-hybridized carbons (Fsp3) is 0.273. The van der Waals surface area contributed by atoms with Crippen molar-refractivity contribution in [2.24, 2.45) is 4.99 Å². The van der Waals surface area contributed by atoms with E-state index in [2.05, 4.69) is 15.2 Å². The van der Waals surface area contributed by atoms with Crippen molar-refractivity contribution in [1.29, 1.82) is 0 Å². The van der Waals surface area contributed by atoms with Gasteiger partial charge in [-0.25, -0.2) is 9.79 Å². The number of methoxy groups -OCH3 is 2. The second kappa shape index (κ2) is 6.92. The van der Waals surface area contributed by atoms with E-state index in [-0.39, 0.29) is 13.0 Å². The number of rotatable bonds is 5. The Bertz CT molecular complexity index is 1170. The zero-order valence-corrected chi connectivity index (χ0v) is 17.0. The number of carbonyl (C=O) groups excluding carboxylic acids is 1. The number of nitrogens with zero attached hydrogens (tertiary/aromatic N) is 4. The van der Waals surface area contributed by atoms with Crippen LogP contribution in [0.25, 0.3) is 11.3 Å². The van der Waals surface area contributed by atoms with Crippen molar-refractivity contribution in [2.45, 2.75) is 17.7 Å². The predicted octanol–water partition coefficient (Wildman–Crippen LogP) is 1.80. The summed E-state index contributed by atoms with van der Waals surface area (Å²) in [6.07, 6.45) is 1.65. The maximum atomic E-state index is 12.9. The Labute approximate surface area is 177 Å². The molecule has 1 N–H and O–H groups in total. The third-order valence-electron chi connectivity index (χ3n) is 5.79. The lowest BCUT2D eigenvalue weighted by Gasteiger charge is -2.27. The standard InChI is InChI=1S/C22H20N4O5/c1-29-16-7-3-14(4-8-16)18-11-21(20(27)31-13-22(21,28)24-18)26-23-12-19(25-26)15-5-9-17(30-2)10-6-15/h3-10,12,28H,11,13H2,1-2H3/t21-,22+/m0/s1. The van der Waals surface area contributed by atoms with Gasteiger partial charge < -0.3 is 19.3 Å². The van der Waals surface area contributed by atoms with Crippen molar-refractivity contribution >= 4 is 11.7 Å². The summed E-state index contributed by atoms with van der Waals surface area (Å²) in [5, 5.41) is 20.1. The van der Waals surface area contributed by atoms with Crippen molar-refractivity contribution in [3.8, 4) is 22.8 Å². The van der Waals surface area contributed by atoms with E-state index in [1.54, 1.807) is 32.5 Å². The zero-order chi connectivity index (χ0) is 21.6. The Morgan fingerprint density at radius 2 is 1.61 bits per heavy atom. The fourth-order valence-corrected chi connectivity index (χ4v) is 4.02. The molecular formula is C22H20N4O5. The maximum Gasteiger partial charge on any atom is 0.341 e. The lowest BCUT2D eigenvalue weighted by molar-refractivity contribution is -0.147. The first-order valence-corrected chi connectivity index (χ1v) is 9.69. The molecule has 3 aromatic rings. The summed E-state index contributed by atoms with van der Waals surface area (Å²) < 4.78 is 15.6. The molecule has 0 unspecified atom stereocenters. The third kappa shape index (κ3) is 2.81. The molecule has 3 heterocycles. The molecule has 0 saturated carbocycles. The first-order valence-electron chi connectivity index (χ1n) is 9.69. The third-order valence-corrected chi connectivity index (χ3v) is 5.79. The summed E-state index contributed by atoms with van der Waals surface area (Å²) in [7, 11) is 3.18. The monoisotopic (exact) mass is 420 g/mol. The van der Waals surface area contributed by atoms with E-state index in [9.17, 15) is 9.90 Å². The van der Waals surface area contributed by atoms with E-state index >= 15 is 0 Å². The summed E-state index contributed by atoms with van der Waals surface area (Å²) >= 11 is 0. The predicted molar refractivity (Wildman–Crippen MR) is 110 cm³/mol. The molecule has 2 aliphatic rings. The van der Waals surface area contributed by atoms with Gasteiger partial charge in [-0.1, -0.05) is 0 Å². The second-order valence-corrected chi connectivity index (χ2v) is 7.46. The van der Waals surface area contributed by atoms with Crippen molar-refractivity contribution < 1.29 is 24.1 Å². The van der Waals surface area contributed by atoms with Gasteiger partial charge in [0.2, 0.25) is 11.3 Å². The highest BCUT2D eigenvalue weighted by Gasteiger charge is 2.69. The van der Waals surface area contributed by atoms with Gasteiger partial charge in [-0.05, 0) is 54.1 Å². The minimum Gasteiger partial charge on any atom is -0.497 e. The lowest BCUT2D eigenvalue weighted by atomic mass is 9.87. The molecule has 158 valence electrons. The summed E-state index contributed by atoms with van der Waals surface area (Å²) in [6, 6.07) is 14.6. The number of aliphatic hydroxyl groups is 1. The number of benzene rings is 2. The van der Waals surface area contributed by atoms with Crippen LogP contribution in [0.1, 0.15) is 12.0 Å². The van der Waals surface area contributed by atoms with Gasteiger partial charge in [-0.15, -0.1) is 0 Å². The van der Waals surface area contributed by atoms with Crippen LogP contribution in [0.4, 0.5) is 0 Å². The second-order valence-electron chi connectivity index (χ2n) is 7.46. The minimum atomic E-state index is -1.80. The molecule has 31 heavy (non-hydrogen) atoms. The van der Waals surface area contributed by atoms with Crippen LogP contribution in [0.3, 0.4) is 0 Å². The number of esters is 1. The first kappa shape index (κ1) is 19.3. The highest BCUT2D eigenvalue weighted by molar-refractivity contribution is 6.07. The number of cyclic esters (lactones) is 1. The van der Waals surface area contributed by atoms with E-state index in [4.69, 9.17) is 14.2 Å². The average molecular weight is 420 g/mol. The average Bonchev–Trinajstić information content (AvgIpc) is 3.47. The van der Waals surface area contributed by atoms with Crippen LogP contribution >= 0.6 is 0 Å². The van der Waals surface area contributed by atoms with Crippen LogP contribution in [-0.2, 0) is 15.1 Å². The molecule has 9 heteroatoms. The normalized spacial score (nSPS) is 24.5. The van der Waals surface area contributed by atoms with Crippen LogP contribution in [0.2, 0.25) is 0 Å². The number of hydrogen-bond acceptors (Lipinski definition) is 8. The molecule has 0 aliphatic carbocycles. The van der Waals surface area contributed by atoms with Crippen LogP contribution in [0, 0.1) is 0 Å². The molecule has 2 aliphatic heterocycles. The number of aliphatic imine (C=N–C) groups is 1. The Hall–Kier alpha value is -3.72. The molecule has 9 nitrogen and oxygen atoms in total.